The number of aliphatic hydroxyl groups excluding tert-OH is 1. The molecule has 0 aliphatic carbocycles. The summed E-state index contributed by atoms with van der Waals surface area (Å²) >= 11 is 0. The van der Waals surface area contributed by atoms with Gasteiger partial charge in [-0.15, -0.1) is 0 Å². The second kappa shape index (κ2) is 5.64. The molecule has 0 unspecified atom stereocenters. The summed E-state index contributed by atoms with van der Waals surface area (Å²) < 4.78 is 10.9. The van der Waals surface area contributed by atoms with Crippen LogP contribution in [0.1, 0.15) is 26.2 Å². The molecule has 0 aromatic carbocycles. The number of nitrogens with zero attached hydrogens (tertiary/aromatic N) is 3. The van der Waals surface area contributed by atoms with Crippen LogP contribution in [-0.2, 0) is 4.74 Å². The summed E-state index contributed by atoms with van der Waals surface area (Å²) in [6.07, 6.45) is 4.15. The number of rotatable bonds is 2. The normalized spacial score (nSPS) is 31.3. The molecule has 3 rings (SSSR count). The molecule has 3 heterocycles. The summed E-state index contributed by atoms with van der Waals surface area (Å²) in [6, 6.07) is 0. The smallest absolute Gasteiger partial charge is 0.225 e. The molecule has 0 radical (unpaired) electrons. The van der Waals surface area contributed by atoms with Crippen molar-refractivity contribution in [1.82, 2.24) is 9.97 Å². The highest BCUT2D eigenvalue weighted by Gasteiger charge is 2.52. The summed E-state index contributed by atoms with van der Waals surface area (Å²) in [5.41, 5.74) is -1.75. The fourth-order valence-corrected chi connectivity index (χ4v) is 3.32. The first-order chi connectivity index (χ1) is 10.5. The van der Waals surface area contributed by atoms with Crippen LogP contribution in [0.25, 0.3) is 0 Å². The van der Waals surface area contributed by atoms with Gasteiger partial charge in [0.2, 0.25) is 5.95 Å². The molecule has 0 amide bonds. The van der Waals surface area contributed by atoms with Gasteiger partial charge in [0.05, 0.1) is 31.7 Å². The van der Waals surface area contributed by atoms with Crippen molar-refractivity contribution in [2.45, 2.75) is 43.5 Å². The second-order valence-electron chi connectivity index (χ2n) is 6.33. The van der Waals surface area contributed by atoms with Crippen LogP contribution in [0.5, 0.6) is 5.75 Å². The average molecular weight is 309 g/mol. The van der Waals surface area contributed by atoms with Gasteiger partial charge >= 0.3 is 0 Å². The van der Waals surface area contributed by atoms with Gasteiger partial charge in [0.25, 0.3) is 0 Å². The Kier molecular flexibility index (Phi) is 3.96. The van der Waals surface area contributed by atoms with Crippen LogP contribution >= 0.6 is 0 Å². The zero-order valence-electron chi connectivity index (χ0n) is 13.0. The van der Waals surface area contributed by atoms with E-state index in [2.05, 4.69) is 14.9 Å². The predicted molar refractivity (Wildman–Crippen MR) is 80.0 cm³/mol. The van der Waals surface area contributed by atoms with Crippen LogP contribution in [0.2, 0.25) is 0 Å². The highest BCUT2D eigenvalue weighted by molar-refractivity contribution is 5.33. The van der Waals surface area contributed by atoms with Crippen molar-refractivity contribution in [3.8, 4) is 5.75 Å². The summed E-state index contributed by atoms with van der Waals surface area (Å²) in [5, 5.41) is 20.8. The van der Waals surface area contributed by atoms with Crippen LogP contribution in [0.15, 0.2) is 12.4 Å². The molecular formula is C15H23N3O4. The second-order valence-corrected chi connectivity index (χ2v) is 6.33. The number of anilines is 1. The molecule has 122 valence electrons. The van der Waals surface area contributed by atoms with Gasteiger partial charge < -0.3 is 24.6 Å². The van der Waals surface area contributed by atoms with Crippen molar-refractivity contribution in [1.29, 1.82) is 0 Å². The van der Waals surface area contributed by atoms with E-state index >= 15 is 0 Å². The van der Waals surface area contributed by atoms with E-state index in [1.165, 1.54) is 0 Å². The molecule has 0 bridgehead atoms. The molecule has 7 nitrogen and oxygen atoms in total. The van der Waals surface area contributed by atoms with Gasteiger partial charge in [0.1, 0.15) is 11.7 Å². The van der Waals surface area contributed by atoms with E-state index in [1.54, 1.807) is 26.4 Å². The van der Waals surface area contributed by atoms with Crippen molar-refractivity contribution in [2.24, 2.45) is 0 Å². The zero-order chi connectivity index (χ0) is 15.8. The van der Waals surface area contributed by atoms with Crippen molar-refractivity contribution in [3.05, 3.63) is 12.4 Å². The Morgan fingerprint density at radius 1 is 1.27 bits per heavy atom. The summed E-state index contributed by atoms with van der Waals surface area (Å²) in [6.45, 7) is 3.52. The fourth-order valence-electron chi connectivity index (χ4n) is 3.32. The standard InChI is InChI=1S/C15H23N3O4/c1-14(20)5-8-22-15(12(14)19)3-6-18(7-4-15)13-16-9-11(21-2)10-17-13/h9-10,12,19-20H,3-8H2,1-2H3/t12-,14+/m0/s1. The van der Waals surface area contributed by atoms with Gasteiger partial charge in [-0.25, -0.2) is 9.97 Å². The van der Waals surface area contributed by atoms with Crippen LogP contribution in [0.3, 0.4) is 0 Å². The first-order valence-corrected chi connectivity index (χ1v) is 7.62. The first-order valence-electron chi connectivity index (χ1n) is 7.62. The van der Waals surface area contributed by atoms with Gasteiger partial charge in [0.15, 0.2) is 5.75 Å². The Balaban J connectivity index is 1.69. The number of piperidine rings is 1. The lowest BCUT2D eigenvalue weighted by atomic mass is 9.75. The lowest BCUT2D eigenvalue weighted by molar-refractivity contribution is -0.239. The van der Waals surface area contributed by atoms with E-state index in [9.17, 15) is 10.2 Å². The quantitative estimate of drug-likeness (QED) is 0.815. The summed E-state index contributed by atoms with van der Waals surface area (Å²) in [5.74, 6) is 1.27. The molecule has 2 N–H and O–H groups in total. The Labute approximate surface area is 129 Å². The third kappa shape index (κ3) is 2.64. The molecule has 7 heteroatoms. The summed E-state index contributed by atoms with van der Waals surface area (Å²) in [4.78, 5) is 10.6. The molecule has 22 heavy (non-hydrogen) atoms. The first kappa shape index (κ1) is 15.5. The topological polar surface area (TPSA) is 87.9 Å². The van der Waals surface area contributed by atoms with Crippen molar-refractivity contribution >= 4 is 5.95 Å². The van der Waals surface area contributed by atoms with Crippen LogP contribution in [0.4, 0.5) is 5.95 Å². The number of hydrogen-bond acceptors (Lipinski definition) is 7. The lowest BCUT2D eigenvalue weighted by Gasteiger charge is -2.51. The van der Waals surface area contributed by atoms with Gasteiger partial charge in [-0.05, 0) is 19.8 Å². The molecule has 1 aromatic rings. The molecule has 2 fully saturated rings. The third-order valence-corrected chi connectivity index (χ3v) is 4.83. The largest absolute Gasteiger partial charge is 0.494 e. The van der Waals surface area contributed by atoms with Gasteiger partial charge in [-0.1, -0.05) is 0 Å². The monoisotopic (exact) mass is 309 g/mol. The fraction of sp³-hybridized carbons (Fsp3) is 0.733. The molecule has 1 spiro atoms. The molecule has 2 aliphatic rings. The number of aromatic nitrogens is 2. The van der Waals surface area contributed by atoms with Gasteiger partial charge in [-0.2, -0.15) is 0 Å². The number of aliphatic hydroxyl groups is 2. The molecule has 1 aromatic heterocycles. The maximum Gasteiger partial charge on any atom is 0.225 e. The van der Waals surface area contributed by atoms with Crippen molar-refractivity contribution in [2.75, 3.05) is 31.7 Å². The highest BCUT2D eigenvalue weighted by atomic mass is 16.5. The third-order valence-electron chi connectivity index (χ3n) is 4.83. The van der Waals surface area contributed by atoms with Crippen LogP contribution < -0.4 is 9.64 Å². The van der Waals surface area contributed by atoms with E-state index in [4.69, 9.17) is 9.47 Å². The molecule has 0 saturated carbocycles. The average Bonchev–Trinajstić information content (AvgIpc) is 2.53. The van der Waals surface area contributed by atoms with E-state index in [-0.39, 0.29) is 0 Å². The maximum absolute atomic E-state index is 10.5. The maximum atomic E-state index is 10.5. The number of hydrogen-bond donors (Lipinski definition) is 2. The number of ether oxygens (including phenoxy) is 2. The Morgan fingerprint density at radius 2 is 1.91 bits per heavy atom. The minimum atomic E-state index is -1.09. The Bertz CT molecular complexity index is 512. The number of methoxy groups -OCH3 is 1. The van der Waals surface area contributed by atoms with E-state index in [0.717, 1.165) is 0 Å². The van der Waals surface area contributed by atoms with Crippen molar-refractivity contribution < 1.29 is 19.7 Å². The molecule has 2 saturated heterocycles. The molecule has 2 aliphatic heterocycles. The molecule has 2 atom stereocenters. The van der Waals surface area contributed by atoms with Gasteiger partial charge in [0, 0.05) is 19.5 Å². The Hall–Kier alpha value is -1.44. The van der Waals surface area contributed by atoms with Crippen LogP contribution in [0, 0.1) is 0 Å². The molecular weight excluding hydrogens is 286 g/mol. The van der Waals surface area contributed by atoms with Crippen LogP contribution in [-0.4, -0.2) is 64.3 Å². The lowest BCUT2D eigenvalue weighted by Crippen LogP contribution is -2.64. The minimum Gasteiger partial charge on any atom is -0.494 e. The van der Waals surface area contributed by atoms with E-state index < -0.39 is 17.3 Å². The van der Waals surface area contributed by atoms with E-state index in [0.29, 0.717) is 50.7 Å². The van der Waals surface area contributed by atoms with Crippen molar-refractivity contribution in [3.63, 3.8) is 0 Å². The zero-order valence-corrected chi connectivity index (χ0v) is 13.0. The highest BCUT2D eigenvalue weighted by Crippen LogP contribution is 2.40. The van der Waals surface area contributed by atoms with E-state index in [1.807, 2.05) is 0 Å². The predicted octanol–water partition coefficient (Wildman–Crippen LogP) is 0.356. The Morgan fingerprint density at radius 3 is 2.50 bits per heavy atom. The minimum absolute atomic E-state index is 0.460. The van der Waals surface area contributed by atoms with Gasteiger partial charge in [-0.3, -0.25) is 0 Å². The SMILES string of the molecule is COc1cnc(N2CCC3(CC2)OCC[C@@](C)(O)[C@@H]3O)nc1. The summed E-state index contributed by atoms with van der Waals surface area (Å²) in [7, 11) is 1.58.